The number of benzene rings is 2. The normalized spacial score (nSPS) is 10.7. The third-order valence-electron chi connectivity index (χ3n) is 3.08. The Balaban J connectivity index is 2.22. The lowest BCUT2D eigenvalue weighted by molar-refractivity contribution is 0.249. The molecule has 0 unspecified atom stereocenters. The summed E-state index contributed by atoms with van der Waals surface area (Å²) in [5.74, 6) is 0.978. The molecule has 0 aliphatic heterocycles. The summed E-state index contributed by atoms with van der Waals surface area (Å²) < 4.78 is 11.4. The third kappa shape index (κ3) is 5.55. The zero-order valence-corrected chi connectivity index (χ0v) is 15.0. The quantitative estimate of drug-likeness (QED) is 0.561. The van der Waals surface area contributed by atoms with Crippen molar-refractivity contribution in [1.29, 1.82) is 0 Å². The average molecular weight is 382 g/mol. The molecule has 3 N–H and O–H groups in total. The van der Waals surface area contributed by atoms with E-state index >= 15 is 0 Å². The van der Waals surface area contributed by atoms with Gasteiger partial charge in [-0.2, -0.15) is 5.10 Å². The summed E-state index contributed by atoms with van der Waals surface area (Å²) in [5, 5.41) is 4.69. The van der Waals surface area contributed by atoms with Crippen molar-refractivity contribution in [2.45, 2.75) is 13.5 Å². The van der Waals surface area contributed by atoms with E-state index in [4.69, 9.17) is 38.4 Å². The monoisotopic (exact) mass is 381 g/mol. The van der Waals surface area contributed by atoms with Gasteiger partial charge in [-0.3, -0.25) is 0 Å². The summed E-state index contributed by atoms with van der Waals surface area (Å²) in [4.78, 5) is 10.7. The number of nitrogens with one attached hydrogen (secondary N) is 1. The number of hydrazone groups is 1. The molecule has 0 radical (unpaired) electrons. The smallest absolute Gasteiger partial charge is 0.332 e. The van der Waals surface area contributed by atoms with Crippen LogP contribution in [0.4, 0.5) is 4.79 Å². The van der Waals surface area contributed by atoms with E-state index in [1.807, 2.05) is 25.1 Å². The van der Waals surface area contributed by atoms with E-state index in [1.165, 1.54) is 6.21 Å². The molecule has 0 spiro atoms. The summed E-state index contributed by atoms with van der Waals surface area (Å²) in [6.45, 7) is 2.57. The minimum atomic E-state index is -0.767. The van der Waals surface area contributed by atoms with Crippen molar-refractivity contribution in [3.05, 3.63) is 57.6 Å². The zero-order chi connectivity index (χ0) is 18.2. The molecule has 0 fully saturated rings. The van der Waals surface area contributed by atoms with Crippen molar-refractivity contribution in [1.82, 2.24) is 5.43 Å². The van der Waals surface area contributed by atoms with Crippen LogP contribution in [0.3, 0.4) is 0 Å². The van der Waals surface area contributed by atoms with Crippen LogP contribution in [0.1, 0.15) is 18.1 Å². The van der Waals surface area contributed by atoms with Gasteiger partial charge in [0.25, 0.3) is 0 Å². The molecule has 0 atom stereocenters. The van der Waals surface area contributed by atoms with Crippen LogP contribution in [-0.4, -0.2) is 18.9 Å². The van der Waals surface area contributed by atoms with Gasteiger partial charge in [0.2, 0.25) is 0 Å². The maximum atomic E-state index is 10.7. The highest BCUT2D eigenvalue weighted by molar-refractivity contribution is 6.33. The number of nitrogens with zero attached hydrogens (tertiary/aromatic N) is 1. The Hall–Kier alpha value is -2.44. The lowest BCUT2D eigenvalue weighted by Crippen LogP contribution is -2.24. The van der Waals surface area contributed by atoms with E-state index in [9.17, 15) is 4.79 Å². The average Bonchev–Trinajstić information content (AvgIpc) is 2.57. The summed E-state index contributed by atoms with van der Waals surface area (Å²) in [6.07, 6.45) is 1.37. The highest BCUT2D eigenvalue weighted by Gasteiger charge is 2.11. The second kappa shape index (κ2) is 9.15. The van der Waals surface area contributed by atoms with Crippen LogP contribution in [0, 0.1) is 0 Å². The number of nitrogens with two attached hydrogens (primary N) is 1. The molecule has 2 aromatic rings. The van der Waals surface area contributed by atoms with Crippen LogP contribution in [-0.2, 0) is 6.61 Å². The number of hydrogen-bond donors (Lipinski definition) is 2. The number of halogens is 2. The predicted molar refractivity (Wildman–Crippen MR) is 98.7 cm³/mol. The fourth-order valence-corrected chi connectivity index (χ4v) is 2.36. The van der Waals surface area contributed by atoms with Crippen LogP contribution >= 0.6 is 23.2 Å². The molecule has 0 saturated heterocycles. The largest absolute Gasteiger partial charge is 0.490 e. The van der Waals surface area contributed by atoms with Crippen LogP contribution in [0.25, 0.3) is 0 Å². The Kier molecular flexibility index (Phi) is 6.91. The number of rotatable bonds is 7. The molecule has 0 saturated carbocycles. The Morgan fingerprint density at radius 3 is 2.60 bits per heavy atom. The molecule has 2 rings (SSSR count). The minimum Gasteiger partial charge on any atom is -0.490 e. The van der Waals surface area contributed by atoms with Gasteiger partial charge in [0.15, 0.2) is 11.5 Å². The van der Waals surface area contributed by atoms with Gasteiger partial charge in [0.05, 0.1) is 17.8 Å². The van der Waals surface area contributed by atoms with Crippen molar-refractivity contribution in [3.63, 3.8) is 0 Å². The van der Waals surface area contributed by atoms with Crippen molar-refractivity contribution in [2.75, 3.05) is 6.61 Å². The highest BCUT2D eigenvalue weighted by Crippen LogP contribution is 2.34. The first-order valence-electron chi connectivity index (χ1n) is 7.42. The predicted octanol–water partition coefficient (Wildman–Crippen LogP) is 3.97. The van der Waals surface area contributed by atoms with Crippen LogP contribution in [0.2, 0.25) is 10.0 Å². The molecule has 6 nitrogen and oxygen atoms in total. The van der Waals surface area contributed by atoms with E-state index < -0.39 is 6.03 Å². The number of primary amides is 1. The number of ether oxygens (including phenoxy) is 2. The molecule has 0 aromatic heterocycles. The first-order valence-corrected chi connectivity index (χ1v) is 8.18. The molecule has 0 aliphatic rings. The van der Waals surface area contributed by atoms with Gasteiger partial charge in [-0.05, 0) is 19.1 Å². The van der Waals surface area contributed by atoms with E-state index in [0.29, 0.717) is 33.7 Å². The summed E-state index contributed by atoms with van der Waals surface area (Å²) >= 11 is 12.4. The fraction of sp³-hybridized carbons (Fsp3) is 0.176. The van der Waals surface area contributed by atoms with Gasteiger partial charge in [0, 0.05) is 22.2 Å². The topological polar surface area (TPSA) is 85.9 Å². The van der Waals surface area contributed by atoms with Crippen LogP contribution in [0.5, 0.6) is 11.5 Å². The van der Waals surface area contributed by atoms with Crippen LogP contribution in [0.15, 0.2) is 41.5 Å². The molecular weight excluding hydrogens is 365 g/mol. The maximum Gasteiger partial charge on any atom is 0.332 e. The van der Waals surface area contributed by atoms with Gasteiger partial charge >= 0.3 is 6.03 Å². The van der Waals surface area contributed by atoms with Crippen LogP contribution < -0.4 is 20.6 Å². The molecule has 2 aromatic carbocycles. The zero-order valence-electron chi connectivity index (χ0n) is 13.5. The van der Waals surface area contributed by atoms with Crippen molar-refractivity contribution in [3.8, 4) is 11.5 Å². The third-order valence-corrected chi connectivity index (χ3v) is 3.78. The van der Waals surface area contributed by atoms with Gasteiger partial charge < -0.3 is 15.2 Å². The Morgan fingerprint density at radius 1 is 1.20 bits per heavy atom. The molecular formula is C17H17Cl2N3O3. The Morgan fingerprint density at radius 2 is 1.92 bits per heavy atom. The van der Waals surface area contributed by atoms with E-state index in [2.05, 4.69) is 10.5 Å². The SMILES string of the molecule is CCOc1cc(C=NNC(N)=O)c(Cl)cc1OCc1ccccc1Cl. The van der Waals surface area contributed by atoms with E-state index in [1.54, 1.807) is 18.2 Å². The summed E-state index contributed by atoms with van der Waals surface area (Å²) in [5.41, 5.74) is 8.45. The lowest BCUT2D eigenvalue weighted by Gasteiger charge is -2.14. The van der Waals surface area contributed by atoms with Gasteiger partial charge in [0.1, 0.15) is 6.61 Å². The molecule has 132 valence electrons. The number of amides is 2. The Labute approximate surface area is 155 Å². The molecule has 25 heavy (non-hydrogen) atoms. The second-order valence-electron chi connectivity index (χ2n) is 4.87. The van der Waals surface area contributed by atoms with Gasteiger partial charge in [-0.1, -0.05) is 41.4 Å². The van der Waals surface area contributed by atoms with Gasteiger partial charge in [-0.25, -0.2) is 10.2 Å². The summed E-state index contributed by atoms with van der Waals surface area (Å²) in [7, 11) is 0. The van der Waals surface area contributed by atoms with Crippen molar-refractivity contribution >= 4 is 35.4 Å². The van der Waals surface area contributed by atoms with E-state index in [-0.39, 0.29) is 6.61 Å². The number of hydrogen-bond acceptors (Lipinski definition) is 4. The molecule has 0 aliphatic carbocycles. The highest BCUT2D eigenvalue weighted by atomic mass is 35.5. The first-order chi connectivity index (χ1) is 12.0. The molecule has 0 bridgehead atoms. The first kappa shape index (κ1) is 18.9. The van der Waals surface area contributed by atoms with Gasteiger partial charge in [-0.15, -0.1) is 0 Å². The number of carbonyl (C=O) groups is 1. The standard InChI is InChI=1S/C17H17Cl2N3O3/c1-2-24-15-7-12(9-21-22-17(20)23)14(19)8-16(15)25-10-11-5-3-4-6-13(11)18/h3-9H,2,10H2,1H3,(H3,20,22,23). The maximum absolute atomic E-state index is 10.7. The fourth-order valence-electron chi connectivity index (χ4n) is 1.97. The van der Waals surface area contributed by atoms with E-state index in [0.717, 1.165) is 5.56 Å². The van der Waals surface area contributed by atoms with Crippen molar-refractivity contribution < 1.29 is 14.3 Å². The lowest BCUT2D eigenvalue weighted by atomic mass is 10.2. The Bertz CT molecular complexity index is 782. The van der Waals surface area contributed by atoms with Crippen molar-refractivity contribution in [2.24, 2.45) is 10.8 Å². The molecule has 8 heteroatoms. The number of carbonyl (C=O) groups excluding carboxylic acids is 1. The summed E-state index contributed by atoms with van der Waals surface area (Å²) in [6, 6.07) is 9.92. The minimum absolute atomic E-state index is 0.271. The molecule has 2 amide bonds. The molecule has 0 heterocycles. The number of urea groups is 1. The second-order valence-corrected chi connectivity index (χ2v) is 5.68.